The molecular weight excluding hydrogens is 379 g/mol. The highest BCUT2D eigenvalue weighted by atomic mass is 19.1. The van der Waals surface area contributed by atoms with Crippen LogP contribution in [0.1, 0.15) is 51.4 Å². The zero-order valence-corrected chi connectivity index (χ0v) is 17.8. The summed E-state index contributed by atoms with van der Waals surface area (Å²) in [5.74, 6) is 0.913. The summed E-state index contributed by atoms with van der Waals surface area (Å²) in [5.41, 5.74) is 2.67. The minimum absolute atomic E-state index is 0.112. The number of piperidine rings is 1. The number of likely N-dealkylation sites (tertiary alicyclic amines) is 1. The van der Waals surface area contributed by atoms with Gasteiger partial charge >= 0.3 is 0 Å². The topological polar surface area (TPSA) is 50.2 Å². The molecule has 158 valence electrons. The normalized spacial score (nSPS) is 18.6. The van der Waals surface area contributed by atoms with Gasteiger partial charge in [-0.2, -0.15) is 0 Å². The number of nitrogens with one attached hydrogen (secondary N) is 1. The lowest BCUT2D eigenvalue weighted by Gasteiger charge is -2.36. The van der Waals surface area contributed by atoms with Crippen LogP contribution >= 0.6 is 0 Å². The number of para-hydroxylation sites is 2. The molecule has 1 aliphatic rings. The molecule has 1 amide bonds. The molecular formula is C24H29FN4O. The van der Waals surface area contributed by atoms with Crippen molar-refractivity contribution in [1.29, 1.82) is 0 Å². The van der Waals surface area contributed by atoms with E-state index in [1.807, 2.05) is 13.0 Å². The summed E-state index contributed by atoms with van der Waals surface area (Å²) in [5, 5.41) is 2.84. The molecule has 1 aliphatic heterocycles. The smallest absolute Gasteiger partial charge is 0.241 e. The number of fused-ring (bicyclic) bond motifs is 1. The number of carbonyl (C=O) groups is 1. The molecule has 0 bridgehead atoms. The molecule has 3 aromatic rings. The third-order valence-corrected chi connectivity index (χ3v) is 5.98. The maximum absolute atomic E-state index is 13.4. The van der Waals surface area contributed by atoms with Gasteiger partial charge in [0.1, 0.15) is 11.6 Å². The van der Waals surface area contributed by atoms with Crippen LogP contribution in [-0.2, 0) is 4.79 Å². The van der Waals surface area contributed by atoms with Crippen molar-refractivity contribution in [3.63, 3.8) is 0 Å². The van der Waals surface area contributed by atoms with Crippen molar-refractivity contribution >= 4 is 22.6 Å². The number of carbonyl (C=O) groups excluding carboxylic acids is 1. The minimum Gasteiger partial charge on any atom is -0.325 e. The van der Waals surface area contributed by atoms with E-state index in [0.717, 1.165) is 42.8 Å². The molecule has 5 nitrogen and oxygen atoms in total. The number of halogens is 1. The molecule has 0 spiro atoms. The number of benzene rings is 2. The average Bonchev–Trinajstić information content (AvgIpc) is 3.13. The van der Waals surface area contributed by atoms with E-state index in [1.165, 1.54) is 12.1 Å². The fraction of sp³-hybridized carbons (Fsp3) is 0.417. The highest BCUT2D eigenvalue weighted by molar-refractivity contribution is 5.94. The number of hydrogen-bond donors (Lipinski definition) is 1. The predicted octanol–water partition coefficient (Wildman–Crippen LogP) is 4.96. The van der Waals surface area contributed by atoms with Crippen molar-refractivity contribution in [3.05, 3.63) is 60.2 Å². The molecule has 1 fully saturated rings. The zero-order chi connectivity index (χ0) is 21.3. The zero-order valence-electron chi connectivity index (χ0n) is 17.8. The van der Waals surface area contributed by atoms with Crippen LogP contribution < -0.4 is 5.32 Å². The molecule has 1 aromatic heterocycles. The Morgan fingerprint density at radius 2 is 1.97 bits per heavy atom. The van der Waals surface area contributed by atoms with Crippen molar-refractivity contribution in [3.8, 4) is 0 Å². The molecule has 1 N–H and O–H groups in total. The van der Waals surface area contributed by atoms with Gasteiger partial charge in [-0.3, -0.25) is 9.69 Å². The van der Waals surface area contributed by atoms with Crippen LogP contribution in [-0.4, -0.2) is 39.5 Å². The maximum atomic E-state index is 13.4. The van der Waals surface area contributed by atoms with Gasteiger partial charge in [0.15, 0.2) is 0 Å². The molecule has 0 aliphatic carbocycles. The summed E-state index contributed by atoms with van der Waals surface area (Å²) in [6, 6.07) is 14.3. The molecule has 0 radical (unpaired) electrons. The van der Waals surface area contributed by atoms with Gasteiger partial charge in [0.2, 0.25) is 5.91 Å². The first-order valence-corrected chi connectivity index (χ1v) is 10.7. The van der Waals surface area contributed by atoms with Crippen LogP contribution in [0.15, 0.2) is 48.5 Å². The third kappa shape index (κ3) is 4.10. The third-order valence-electron chi connectivity index (χ3n) is 5.98. The maximum Gasteiger partial charge on any atom is 0.241 e. The molecule has 2 unspecified atom stereocenters. The van der Waals surface area contributed by atoms with Crippen LogP contribution in [0.3, 0.4) is 0 Å². The van der Waals surface area contributed by atoms with Gasteiger partial charge in [-0.15, -0.1) is 0 Å². The number of rotatable bonds is 5. The summed E-state index contributed by atoms with van der Waals surface area (Å²) in [4.78, 5) is 20.0. The lowest BCUT2D eigenvalue weighted by atomic mass is 9.95. The van der Waals surface area contributed by atoms with Gasteiger partial charge in [-0.1, -0.05) is 18.2 Å². The first-order valence-electron chi connectivity index (χ1n) is 10.7. The van der Waals surface area contributed by atoms with Crippen molar-refractivity contribution in [2.24, 2.45) is 0 Å². The van der Waals surface area contributed by atoms with Gasteiger partial charge in [0.05, 0.1) is 17.1 Å². The molecule has 0 saturated carbocycles. The number of anilines is 1. The van der Waals surface area contributed by atoms with Crippen LogP contribution in [0.2, 0.25) is 0 Å². The number of amides is 1. The van der Waals surface area contributed by atoms with E-state index < -0.39 is 0 Å². The van der Waals surface area contributed by atoms with Crippen molar-refractivity contribution in [1.82, 2.24) is 14.5 Å². The lowest BCUT2D eigenvalue weighted by Crippen LogP contribution is -2.46. The molecule has 6 heteroatoms. The lowest BCUT2D eigenvalue weighted by molar-refractivity contribution is -0.121. The molecule has 1 saturated heterocycles. The van der Waals surface area contributed by atoms with E-state index in [-0.39, 0.29) is 23.7 Å². The second kappa shape index (κ2) is 8.56. The Kier molecular flexibility index (Phi) is 5.86. The van der Waals surface area contributed by atoms with Gasteiger partial charge in [0, 0.05) is 24.2 Å². The van der Waals surface area contributed by atoms with Crippen LogP contribution in [0.5, 0.6) is 0 Å². The van der Waals surface area contributed by atoms with Crippen LogP contribution in [0.25, 0.3) is 11.0 Å². The second-order valence-corrected chi connectivity index (χ2v) is 8.43. The first-order chi connectivity index (χ1) is 14.4. The molecule has 2 atom stereocenters. The van der Waals surface area contributed by atoms with Gasteiger partial charge in [-0.25, -0.2) is 9.37 Å². The monoisotopic (exact) mass is 408 g/mol. The molecule has 30 heavy (non-hydrogen) atoms. The van der Waals surface area contributed by atoms with E-state index in [0.29, 0.717) is 11.7 Å². The highest BCUT2D eigenvalue weighted by Crippen LogP contribution is 2.32. The highest BCUT2D eigenvalue weighted by Gasteiger charge is 2.31. The number of hydrogen-bond acceptors (Lipinski definition) is 3. The predicted molar refractivity (Wildman–Crippen MR) is 118 cm³/mol. The van der Waals surface area contributed by atoms with E-state index in [4.69, 9.17) is 4.98 Å². The summed E-state index contributed by atoms with van der Waals surface area (Å²) in [6.07, 6.45) is 2.08. The van der Waals surface area contributed by atoms with E-state index in [1.54, 1.807) is 12.1 Å². The fourth-order valence-electron chi connectivity index (χ4n) is 4.44. The average molecular weight is 409 g/mol. The largest absolute Gasteiger partial charge is 0.325 e. The Labute approximate surface area is 176 Å². The minimum atomic E-state index is -0.355. The summed E-state index contributed by atoms with van der Waals surface area (Å²) < 4.78 is 15.8. The molecule has 2 heterocycles. The Bertz CT molecular complexity index is 1040. The van der Waals surface area contributed by atoms with Crippen molar-refractivity contribution in [2.45, 2.75) is 51.6 Å². The van der Waals surface area contributed by atoms with E-state index in [2.05, 4.69) is 46.8 Å². The Morgan fingerprint density at radius 1 is 1.17 bits per heavy atom. The number of nitrogens with zero attached hydrogens (tertiary/aromatic N) is 3. The standard InChI is InChI=1S/C24H29FN4O/c1-16(2)29-22-12-5-4-11-21(22)27-23(29)18-8-7-13-28(15-18)17(3)24(30)26-20-10-6-9-19(25)14-20/h4-6,9-12,14,16-18H,7-8,13,15H2,1-3H3,(H,26,30). The van der Waals surface area contributed by atoms with E-state index in [9.17, 15) is 9.18 Å². The second-order valence-electron chi connectivity index (χ2n) is 8.43. The Hall–Kier alpha value is -2.73. The number of aromatic nitrogens is 2. The fourth-order valence-corrected chi connectivity index (χ4v) is 4.44. The Morgan fingerprint density at radius 3 is 2.73 bits per heavy atom. The summed E-state index contributed by atoms with van der Waals surface area (Å²) >= 11 is 0. The SMILES string of the molecule is CC(C(=O)Nc1cccc(F)c1)N1CCCC(c2nc3ccccc3n2C(C)C)C1. The molecule has 4 rings (SSSR count). The molecule has 2 aromatic carbocycles. The van der Waals surface area contributed by atoms with Gasteiger partial charge < -0.3 is 9.88 Å². The summed E-state index contributed by atoms with van der Waals surface area (Å²) in [6.45, 7) is 7.95. The van der Waals surface area contributed by atoms with Crippen LogP contribution in [0.4, 0.5) is 10.1 Å². The number of imidazole rings is 1. The van der Waals surface area contributed by atoms with Crippen LogP contribution in [0, 0.1) is 5.82 Å². The van der Waals surface area contributed by atoms with E-state index >= 15 is 0 Å². The summed E-state index contributed by atoms with van der Waals surface area (Å²) in [7, 11) is 0. The Balaban J connectivity index is 1.53. The van der Waals surface area contributed by atoms with Crippen molar-refractivity contribution in [2.75, 3.05) is 18.4 Å². The van der Waals surface area contributed by atoms with Crippen molar-refractivity contribution < 1.29 is 9.18 Å². The quantitative estimate of drug-likeness (QED) is 0.649. The van der Waals surface area contributed by atoms with Gasteiger partial charge in [-0.05, 0) is 70.5 Å². The first kappa shape index (κ1) is 20.5. The van der Waals surface area contributed by atoms with Gasteiger partial charge in [0.25, 0.3) is 0 Å².